The van der Waals surface area contributed by atoms with Gasteiger partial charge in [0.2, 0.25) is 0 Å². The zero-order chi connectivity index (χ0) is 20.7. The molecule has 0 aliphatic heterocycles. The van der Waals surface area contributed by atoms with E-state index < -0.39 is 5.41 Å². The Morgan fingerprint density at radius 2 is 1.82 bits per heavy atom. The molecule has 0 amide bonds. The van der Waals surface area contributed by atoms with Crippen molar-refractivity contribution in [2.24, 2.45) is 5.41 Å². The topological polar surface area (TPSA) is 68.4 Å². The van der Waals surface area contributed by atoms with Crippen molar-refractivity contribution >= 4 is 29.3 Å². The lowest BCUT2D eigenvalue weighted by molar-refractivity contribution is -0.119. The lowest BCUT2D eigenvalue weighted by atomic mass is 9.91. The molecule has 152 valence electrons. The van der Waals surface area contributed by atoms with E-state index in [4.69, 9.17) is 9.47 Å². The van der Waals surface area contributed by atoms with Crippen molar-refractivity contribution in [3.8, 4) is 11.5 Å². The van der Waals surface area contributed by atoms with Crippen LogP contribution in [0.15, 0.2) is 23.0 Å². The molecule has 0 aliphatic rings. The molecule has 0 atom stereocenters. The molecule has 1 aromatic carbocycles. The molecule has 6 heteroatoms. The molecule has 0 spiro atoms. The highest BCUT2D eigenvalue weighted by atomic mass is 32.1. The number of thiazole rings is 1. The molecule has 0 aliphatic carbocycles. The maximum atomic E-state index is 12.3. The number of H-pyrrole nitrogens is 1. The smallest absolute Gasteiger partial charge is 0.266 e. The molecule has 1 heterocycles. The summed E-state index contributed by atoms with van der Waals surface area (Å²) < 4.78 is 12.6. The minimum absolute atomic E-state index is 0.0269. The Balaban J connectivity index is 2.45. The Hall–Kier alpha value is -2.34. The highest BCUT2D eigenvalue weighted by Crippen LogP contribution is 2.26. The van der Waals surface area contributed by atoms with Crippen LogP contribution in [0.5, 0.6) is 11.5 Å². The Morgan fingerprint density at radius 1 is 1.14 bits per heavy atom. The summed E-state index contributed by atoms with van der Waals surface area (Å²) in [5.74, 6) is 1.40. The highest BCUT2D eigenvalue weighted by Gasteiger charge is 2.18. The predicted molar refractivity (Wildman–Crippen MR) is 115 cm³/mol. The van der Waals surface area contributed by atoms with E-state index in [1.54, 1.807) is 6.08 Å². The molecule has 0 radical (unpaired) electrons. The lowest BCUT2D eigenvalue weighted by Gasteiger charge is -2.12. The number of Topliss-reactive ketones (excluding diaryl/α,β-unsaturated/α-hetero) is 1. The maximum Gasteiger partial charge on any atom is 0.266 e. The van der Waals surface area contributed by atoms with Crippen molar-refractivity contribution in [2.45, 2.75) is 47.5 Å². The molecule has 2 rings (SSSR count). The van der Waals surface area contributed by atoms with Crippen LogP contribution in [0.1, 0.15) is 53.0 Å². The summed E-state index contributed by atoms with van der Waals surface area (Å²) in [6, 6.07) is 5.62. The third kappa shape index (κ3) is 6.09. The summed E-state index contributed by atoms with van der Waals surface area (Å²) in [7, 11) is 0. The van der Waals surface area contributed by atoms with Gasteiger partial charge >= 0.3 is 0 Å². The van der Waals surface area contributed by atoms with Crippen LogP contribution >= 0.6 is 11.3 Å². The number of ether oxygens (including phenoxy) is 2. The fourth-order valence-corrected chi connectivity index (χ4v) is 3.16. The van der Waals surface area contributed by atoms with E-state index in [1.165, 1.54) is 17.4 Å². The van der Waals surface area contributed by atoms with Crippen molar-refractivity contribution in [2.75, 3.05) is 13.2 Å². The van der Waals surface area contributed by atoms with E-state index >= 15 is 0 Å². The van der Waals surface area contributed by atoms with Gasteiger partial charge in [0.25, 0.3) is 5.56 Å². The summed E-state index contributed by atoms with van der Waals surface area (Å²) in [5, 5.41) is 0. The summed E-state index contributed by atoms with van der Waals surface area (Å²) in [6.07, 6.45) is 5.10. The second kappa shape index (κ2) is 9.73. The van der Waals surface area contributed by atoms with Gasteiger partial charge in [0.05, 0.1) is 22.4 Å². The summed E-state index contributed by atoms with van der Waals surface area (Å²) in [4.78, 5) is 27.3. The average molecular weight is 404 g/mol. The third-order valence-electron chi connectivity index (χ3n) is 3.89. The van der Waals surface area contributed by atoms with Gasteiger partial charge in [-0.3, -0.25) is 9.59 Å². The van der Waals surface area contributed by atoms with Crippen LogP contribution in [0, 0.1) is 5.41 Å². The zero-order valence-corrected chi connectivity index (χ0v) is 18.1. The number of nitrogens with one attached hydrogen (secondary N) is 1. The van der Waals surface area contributed by atoms with Gasteiger partial charge in [-0.15, -0.1) is 11.3 Å². The largest absolute Gasteiger partial charge is 0.493 e. The summed E-state index contributed by atoms with van der Waals surface area (Å²) in [6.45, 7) is 10.9. The van der Waals surface area contributed by atoms with Crippen LogP contribution in [0.3, 0.4) is 0 Å². The van der Waals surface area contributed by atoms with E-state index in [9.17, 15) is 9.59 Å². The first-order chi connectivity index (χ1) is 13.2. The number of ketones is 1. The Morgan fingerprint density at radius 3 is 2.46 bits per heavy atom. The molecule has 0 unspecified atom stereocenters. The number of carbonyl (C=O) groups is 1. The number of aromatic nitrogens is 1. The van der Waals surface area contributed by atoms with Crippen molar-refractivity contribution in [3.63, 3.8) is 0 Å². The molecular formula is C22H29NO4S. The lowest BCUT2D eigenvalue weighted by Crippen LogP contribution is -2.22. The number of rotatable bonds is 8. The molecule has 0 saturated carbocycles. The second-order valence-corrected chi connectivity index (χ2v) is 8.67. The molecule has 28 heavy (non-hydrogen) atoms. The zero-order valence-electron chi connectivity index (χ0n) is 17.3. The van der Waals surface area contributed by atoms with Gasteiger partial charge in [-0.2, -0.15) is 0 Å². The third-order valence-corrected chi connectivity index (χ3v) is 4.85. The quantitative estimate of drug-likeness (QED) is 0.735. The first kappa shape index (κ1) is 22.0. The van der Waals surface area contributed by atoms with E-state index in [-0.39, 0.29) is 11.3 Å². The van der Waals surface area contributed by atoms with Gasteiger partial charge in [-0.05, 0) is 31.1 Å². The van der Waals surface area contributed by atoms with E-state index in [1.807, 2.05) is 45.9 Å². The second-order valence-electron chi connectivity index (χ2n) is 7.58. The van der Waals surface area contributed by atoms with Crippen LogP contribution in [-0.2, 0) is 4.79 Å². The Kier molecular flexibility index (Phi) is 7.63. The molecule has 2 aromatic rings. The SMILES string of the molecule is CCCOc1ccc(/C=c2\s/c(=C\C(=O)C(C)(C)C)[nH]c2=O)c(OCCC)c1. The average Bonchev–Trinajstić information content (AvgIpc) is 2.97. The number of hydrogen-bond acceptors (Lipinski definition) is 5. The number of carbonyl (C=O) groups excluding carboxylic acids is 1. The normalized spacial score (nSPS) is 13.0. The molecule has 5 nitrogen and oxygen atoms in total. The predicted octanol–water partition coefficient (Wildman–Crippen LogP) is 3.24. The number of hydrogen-bond donors (Lipinski definition) is 1. The maximum absolute atomic E-state index is 12.3. The fraction of sp³-hybridized carbons (Fsp3) is 0.455. The van der Waals surface area contributed by atoms with Crippen LogP contribution < -0.4 is 24.2 Å². The minimum atomic E-state index is -0.486. The van der Waals surface area contributed by atoms with E-state index in [2.05, 4.69) is 11.9 Å². The van der Waals surface area contributed by atoms with Gasteiger partial charge in [0, 0.05) is 23.1 Å². The van der Waals surface area contributed by atoms with Crippen molar-refractivity contribution in [1.29, 1.82) is 0 Å². The number of aromatic amines is 1. The monoisotopic (exact) mass is 403 g/mol. The van der Waals surface area contributed by atoms with Gasteiger partial charge in [-0.1, -0.05) is 34.6 Å². The summed E-state index contributed by atoms with van der Waals surface area (Å²) in [5.41, 5.74) is 0.101. The van der Waals surface area contributed by atoms with E-state index in [0.29, 0.717) is 28.2 Å². The molecule has 0 bridgehead atoms. The molecule has 1 aromatic heterocycles. The van der Waals surface area contributed by atoms with Gasteiger partial charge in [0.1, 0.15) is 11.5 Å². The summed E-state index contributed by atoms with van der Waals surface area (Å²) >= 11 is 1.26. The standard InChI is InChI=1S/C22H29NO4S/c1-6-10-26-16-9-8-15(17(13-16)27-11-7-2)12-18-21(25)23-20(28-18)14-19(24)22(3,4)5/h8-9,12-14H,6-7,10-11H2,1-5H3,(H,23,25)/b18-12-,20-14-. The van der Waals surface area contributed by atoms with Gasteiger partial charge in [-0.25, -0.2) is 0 Å². The Bertz CT molecular complexity index is 979. The van der Waals surface area contributed by atoms with Crippen molar-refractivity contribution in [3.05, 3.63) is 43.3 Å². The molecule has 0 saturated heterocycles. The van der Waals surface area contributed by atoms with Crippen LogP contribution in [0.4, 0.5) is 0 Å². The minimum Gasteiger partial charge on any atom is -0.493 e. The van der Waals surface area contributed by atoms with Crippen molar-refractivity contribution < 1.29 is 14.3 Å². The number of benzene rings is 1. The van der Waals surface area contributed by atoms with Crippen LogP contribution in [-0.4, -0.2) is 24.0 Å². The fourth-order valence-electron chi connectivity index (χ4n) is 2.28. The highest BCUT2D eigenvalue weighted by molar-refractivity contribution is 7.07. The van der Waals surface area contributed by atoms with E-state index in [0.717, 1.165) is 24.2 Å². The van der Waals surface area contributed by atoms with Gasteiger partial charge in [0.15, 0.2) is 5.78 Å². The molecular weight excluding hydrogens is 374 g/mol. The molecule has 1 N–H and O–H groups in total. The van der Waals surface area contributed by atoms with Gasteiger partial charge < -0.3 is 14.5 Å². The van der Waals surface area contributed by atoms with Crippen LogP contribution in [0.2, 0.25) is 0 Å². The first-order valence-electron chi connectivity index (χ1n) is 9.61. The molecule has 0 fully saturated rings. The van der Waals surface area contributed by atoms with Crippen molar-refractivity contribution in [1.82, 2.24) is 4.98 Å². The first-order valence-corrected chi connectivity index (χ1v) is 10.4. The van der Waals surface area contributed by atoms with Crippen LogP contribution in [0.25, 0.3) is 12.2 Å². The Labute approximate surface area is 169 Å².